The van der Waals surface area contributed by atoms with Gasteiger partial charge in [-0.05, 0) is 31.2 Å². The number of benzene rings is 2. The van der Waals surface area contributed by atoms with Crippen molar-refractivity contribution in [3.63, 3.8) is 0 Å². The Morgan fingerprint density at radius 3 is 2.67 bits per heavy atom. The Balaban J connectivity index is 2.12. The summed E-state index contributed by atoms with van der Waals surface area (Å²) in [5.74, 6) is 0.330. The molecule has 0 bridgehead atoms. The molecule has 0 spiro atoms. The van der Waals surface area contributed by atoms with Gasteiger partial charge in [-0.2, -0.15) is 5.26 Å². The Morgan fingerprint density at radius 2 is 2.00 bits per heavy atom. The predicted octanol–water partition coefficient (Wildman–Crippen LogP) is 4.28. The highest BCUT2D eigenvalue weighted by Gasteiger charge is 2.18. The van der Waals surface area contributed by atoms with Gasteiger partial charge in [0, 0.05) is 6.07 Å². The number of halogens is 2. The lowest BCUT2D eigenvalue weighted by Gasteiger charge is -2.17. The van der Waals surface area contributed by atoms with Gasteiger partial charge < -0.3 is 14.8 Å². The van der Waals surface area contributed by atoms with E-state index in [1.165, 1.54) is 13.2 Å². The number of ether oxygens (including phenoxy) is 2. The van der Waals surface area contributed by atoms with Crippen molar-refractivity contribution in [1.82, 2.24) is 0 Å². The molecular formula is C17H14Cl2N2O3. The smallest absolute Gasteiger partial charge is 0.265 e. The molecule has 2 rings (SSSR count). The molecule has 0 fully saturated rings. The van der Waals surface area contributed by atoms with Crippen molar-refractivity contribution < 1.29 is 14.3 Å². The zero-order chi connectivity index (χ0) is 17.7. The maximum Gasteiger partial charge on any atom is 0.265 e. The van der Waals surface area contributed by atoms with E-state index in [4.69, 9.17) is 37.9 Å². The molecule has 1 N–H and O–H groups in total. The second-order valence-electron chi connectivity index (χ2n) is 4.83. The van der Waals surface area contributed by atoms with E-state index in [0.29, 0.717) is 27.8 Å². The molecule has 0 aromatic heterocycles. The molecule has 1 atom stereocenters. The molecule has 5 nitrogen and oxygen atoms in total. The van der Waals surface area contributed by atoms with Crippen LogP contribution in [0.2, 0.25) is 10.0 Å². The maximum absolute atomic E-state index is 12.3. The first-order chi connectivity index (χ1) is 11.5. The fourth-order valence-electron chi connectivity index (χ4n) is 1.91. The van der Waals surface area contributed by atoms with Gasteiger partial charge in [0.2, 0.25) is 0 Å². The summed E-state index contributed by atoms with van der Waals surface area (Å²) < 4.78 is 10.8. The van der Waals surface area contributed by atoms with Crippen molar-refractivity contribution >= 4 is 34.8 Å². The lowest BCUT2D eigenvalue weighted by molar-refractivity contribution is -0.122. The van der Waals surface area contributed by atoms with Gasteiger partial charge in [0.15, 0.2) is 17.6 Å². The van der Waals surface area contributed by atoms with Crippen molar-refractivity contribution in [3.8, 4) is 17.6 Å². The van der Waals surface area contributed by atoms with E-state index in [0.717, 1.165) is 0 Å². The predicted molar refractivity (Wildman–Crippen MR) is 92.9 cm³/mol. The van der Waals surface area contributed by atoms with Gasteiger partial charge in [-0.15, -0.1) is 0 Å². The van der Waals surface area contributed by atoms with Crippen LogP contribution in [0.3, 0.4) is 0 Å². The number of nitrogens with one attached hydrogen (secondary N) is 1. The van der Waals surface area contributed by atoms with E-state index in [-0.39, 0.29) is 5.02 Å². The summed E-state index contributed by atoms with van der Waals surface area (Å²) in [5.41, 5.74) is 0.832. The number of carbonyl (C=O) groups is 1. The minimum absolute atomic E-state index is 0.260. The van der Waals surface area contributed by atoms with Crippen LogP contribution in [0.5, 0.6) is 11.5 Å². The van der Waals surface area contributed by atoms with Gasteiger partial charge in [-0.25, -0.2) is 0 Å². The Morgan fingerprint density at radius 1 is 1.25 bits per heavy atom. The van der Waals surface area contributed by atoms with Crippen LogP contribution in [0, 0.1) is 11.3 Å². The van der Waals surface area contributed by atoms with Crippen molar-refractivity contribution in [2.45, 2.75) is 13.0 Å². The van der Waals surface area contributed by atoms with E-state index in [1.54, 1.807) is 37.3 Å². The summed E-state index contributed by atoms with van der Waals surface area (Å²) in [6.07, 6.45) is -0.818. The highest BCUT2D eigenvalue weighted by molar-refractivity contribution is 6.44. The average molecular weight is 365 g/mol. The number of nitrogens with zero attached hydrogens (tertiary/aromatic N) is 1. The van der Waals surface area contributed by atoms with Crippen LogP contribution >= 0.6 is 23.2 Å². The van der Waals surface area contributed by atoms with Gasteiger partial charge in [-0.3, -0.25) is 4.79 Å². The van der Waals surface area contributed by atoms with Gasteiger partial charge in [0.1, 0.15) is 0 Å². The molecule has 0 saturated heterocycles. The number of anilines is 1. The van der Waals surface area contributed by atoms with Crippen molar-refractivity contribution in [2.24, 2.45) is 0 Å². The topological polar surface area (TPSA) is 71.3 Å². The fraction of sp³-hybridized carbons (Fsp3) is 0.176. The zero-order valence-electron chi connectivity index (χ0n) is 13.0. The molecule has 2 aromatic rings. The summed E-state index contributed by atoms with van der Waals surface area (Å²) in [4.78, 5) is 12.3. The van der Waals surface area contributed by atoms with E-state index >= 15 is 0 Å². The molecule has 7 heteroatoms. The number of hydrogen-bond acceptors (Lipinski definition) is 4. The minimum Gasteiger partial charge on any atom is -0.493 e. The van der Waals surface area contributed by atoms with Crippen LogP contribution in [0.1, 0.15) is 12.5 Å². The number of rotatable bonds is 5. The zero-order valence-corrected chi connectivity index (χ0v) is 14.5. The quantitative estimate of drug-likeness (QED) is 0.859. The highest BCUT2D eigenvalue weighted by atomic mass is 35.5. The van der Waals surface area contributed by atoms with Crippen LogP contribution in [0.15, 0.2) is 36.4 Å². The van der Waals surface area contributed by atoms with E-state index < -0.39 is 12.0 Å². The molecule has 1 unspecified atom stereocenters. The number of amides is 1. The maximum atomic E-state index is 12.3. The Labute approximate surface area is 149 Å². The fourth-order valence-corrected chi connectivity index (χ4v) is 2.26. The first-order valence-corrected chi connectivity index (χ1v) is 7.71. The van der Waals surface area contributed by atoms with Crippen LogP contribution in [-0.2, 0) is 4.79 Å². The molecule has 124 valence electrons. The van der Waals surface area contributed by atoms with Gasteiger partial charge >= 0.3 is 0 Å². The second kappa shape index (κ2) is 7.91. The van der Waals surface area contributed by atoms with Crippen LogP contribution in [0.4, 0.5) is 5.69 Å². The average Bonchev–Trinajstić information content (AvgIpc) is 2.59. The van der Waals surface area contributed by atoms with Crippen LogP contribution < -0.4 is 14.8 Å². The number of nitriles is 1. The summed E-state index contributed by atoms with van der Waals surface area (Å²) >= 11 is 12.0. The molecular weight excluding hydrogens is 351 g/mol. The molecule has 0 radical (unpaired) electrons. The van der Waals surface area contributed by atoms with E-state index in [1.807, 2.05) is 6.07 Å². The monoisotopic (exact) mass is 364 g/mol. The Hall–Kier alpha value is -2.42. The lowest BCUT2D eigenvalue weighted by atomic mass is 10.2. The molecule has 0 aliphatic carbocycles. The highest BCUT2D eigenvalue weighted by Crippen LogP contribution is 2.31. The lowest BCUT2D eigenvalue weighted by Crippen LogP contribution is -2.30. The van der Waals surface area contributed by atoms with Gasteiger partial charge in [0.25, 0.3) is 5.91 Å². The molecule has 0 aliphatic rings. The molecule has 24 heavy (non-hydrogen) atoms. The largest absolute Gasteiger partial charge is 0.493 e. The molecule has 0 saturated carbocycles. The first-order valence-electron chi connectivity index (χ1n) is 6.96. The van der Waals surface area contributed by atoms with E-state index in [2.05, 4.69) is 5.32 Å². The van der Waals surface area contributed by atoms with Crippen LogP contribution in [0.25, 0.3) is 0 Å². The molecule has 0 heterocycles. The molecule has 0 aliphatic heterocycles. The van der Waals surface area contributed by atoms with Crippen LogP contribution in [-0.4, -0.2) is 19.1 Å². The van der Waals surface area contributed by atoms with Gasteiger partial charge in [-0.1, -0.05) is 29.3 Å². The van der Waals surface area contributed by atoms with Crippen molar-refractivity contribution in [2.75, 3.05) is 12.4 Å². The third kappa shape index (κ3) is 4.10. The number of hydrogen-bond donors (Lipinski definition) is 1. The third-order valence-electron chi connectivity index (χ3n) is 3.18. The number of methoxy groups -OCH3 is 1. The number of carbonyl (C=O) groups excluding carboxylic acids is 1. The van der Waals surface area contributed by atoms with E-state index in [9.17, 15) is 4.79 Å². The minimum atomic E-state index is -0.818. The Kier molecular flexibility index (Phi) is 5.91. The summed E-state index contributed by atoms with van der Waals surface area (Å²) in [6, 6.07) is 11.6. The third-order valence-corrected chi connectivity index (χ3v) is 3.99. The Bertz CT molecular complexity index is 803. The van der Waals surface area contributed by atoms with Gasteiger partial charge in [0.05, 0.1) is 34.5 Å². The standard InChI is InChI=1S/C17H14Cl2N2O3/c1-10(17(22)21-13-5-3-4-12(18)16(13)19)24-14-7-6-11(9-20)8-15(14)23-2/h3-8,10H,1-2H3,(H,21,22). The summed E-state index contributed by atoms with van der Waals surface area (Å²) in [5, 5.41) is 12.2. The SMILES string of the molecule is COc1cc(C#N)ccc1OC(C)C(=O)Nc1cccc(Cl)c1Cl. The van der Waals surface area contributed by atoms with Crippen molar-refractivity contribution in [1.29, 1.82) is 5.26 Å². The molecule has 1 amide bonds. The summed E-state index contributed by atoms with van der Waals surface area (Å²) in [6.45, 7) is 1.59. The first kappa shape index (κ1) is 17.9. The summed E-state index contributed by atoms with van der Waals surface area (Å²) in [7, 11) is 1.46. The van der Waals surface area contributed by atoms with Crippen molar-refractivity contribution in [3.05, 3.63) is 52.0 Å². The normalized spacial score (nSPS) is 11.3. The second-order valence-corrected chi connectivity index (χ2v) is 5.61. The molecule has 2 aromatic carbocycles.